The highest BCUT2D eigenvalue weighted by Gasteiger charge is 2.14. The van der Waals surface area contributed by atoms with E-state index < -0.39 is 16.1 Å². The second kappa shape index (κ2) is 7.63. The largest absolute Gasteiger partial charge is 0.325 e. The van der Waals surface area contributed by atoms with Gasteiger partial charge in [-0.1, -0.05) is 31.4 Å². The van der Waals surface area contributed by atoms with Crippen LogP contribution < -0.4 is 15.8 Å². The molecular weight excluding hydrogens is 314 g/mol. The first-order valence-corrected chi connectivity index (χ1v) is 8.83. The second-order valence-electron chi connectivity index (χ2n) is 4.81. The summed E-state index contributed by atoms with van der Waals surface area (Å²) in [5.41, 5.74) is 6.49. The van der Waals surface area contributed by atoms with Crippen molar-refractivity contribution in [3.63, 3.8) is 0 Å². The molecule has 1 atom stereocenters. The number of rotatable bonds is 7. The number of carbonyl (C=O) groups is 1. The van der Waals surface area contributed by atoms with Crippen LogP contribution in [-0.2, 0) is 14.8 Å². The Hall–Kier alpha value is -1.31. The van der Waals surface area contributed by atoms with Crippen LogP contribution in [0, 0.1) is 0 Å². The van der Waals surface area contributed by atoms with Crippen molar-refractivity contribution in [2.75, 3.05) is 16.3 Å². The minimum Gasteiger partial charge on any atom is -0.325 e. The van der Waals surface area contributed by atoms with Crippen LogP contribution in [0.3, 0.4) is 0 Å². The Kier molecular flexibility index (Phi) is 6.44. The zero-order valence-corrected chi connectivity index (χ0v) is 13.6. The molecule has 0 heterocycles. The Bertz CT molecular complexity index is 605. The third-order valence-electron chi connectivity index (χ3n) is 2.74. The highest BCUT2D eigenvalue weighted by Crippen LogP contribution is 2.26. The number of unbranched alkanes of at least 4 members (excludes halogenated alkanes) is 1. The van der Waals surface area contributed by atoms with Gasteiger partial charge in [-0.3, -0.25) is 9.52 Å². The van der Waals surface area contributed by atoms with Crippen molar-refractivity contribution >= 4 is 38.9 Å². The van der Waals surface area contributed by atoms with E-state index in [0.29, 0.717) is 12.1 Å². The van der Waals surface area contributed by atoms with Crippen LogP contribution in [0.25, 0.3) is 0 Å². The third-order valence-corrected chi connectivity index (χ3v) is 3.64. The summed E-state index contributed by atoms with van der Waals surface area (Å²) >= 11 is 5.97. The number of amides is 1. The molecule has 1 aromatic rings. The number of benzene rings is 1. The number of sulfonamides is 1. The average molecular weight is 334 g/mol. The van der Waals surface area contributed by atoms with E-state index in [4.69, 9.17) is 17.3 Å². The van der Waals surface area contributed by atoms with Gasteiger partial charge in [0.25, 0.3) is 0 Å². The van der Waals surface area contributed by atoms with E-state index in [9.17, 15) is 13.2 Å². The van der Waals surface area contributed by atoms with Crippen LogP contribution in [0.5, 0.6) is 0 Å². The SMILES string of the molecule is CCCC[C@H](N)C(=O)Nc1ccc(NS(C)(=O)=O)c(Cl)c1. The lowest BCUT2D eigenvalue weighted by Gasteiger charge is -2.13. The van der Waals surface area contributed by atoms with Crippen LogP contribution >= 0.6 is 11.6 Å². The molecule has 0 aliphatic rings. The Morgan fingerprint density at radius 1 is 1.43 bits per heavy atom. The lowest BCUT2D eigenvalue weighted by molar-refractivity contribution is -0.117. The lowest BCUT2D eigenvalue weighted by Crippen LogP contribution is -2.35. The quantitative estimate of drug-likeness (QED) is 0.711. The first-order valence-electron chi connectivity index (χ1n) is 6.56. The smallest absolute Gasteiger partial charge is 0.241 e. The summed E-state index contributed by atoms with van der Waals surface area (Å²) < 4.78 is 24.6. The van der Waals surface area contributed by atoms with Gasteiger partial charge in [0, 0.05) is 5.69 Å². The van der Waals surface area contributed by atoms with Crippen LogP contribution in [0.2, 0.25) is 5.02 Å². The van der Waals surface area contributed by atoms with Crippen LogP contribution in [0.15, 0.2) is 18.2 Å². The first-order chi connectivity index (χ1) is 9.73. The highest BCUT2D eigenvalue weighted by molar-refractivity contribution is 7.92. The molecule has 0 radical (unpaired) electrons. The van der Waals surface area contributed by atoms with Crippen molar-refractivity contribution in [1.29, 1.82) is 0 Å². The van der Waals surface area contributed by atoms with Gasteiger partial charge in [0.15, 0.2) is 0 Å². The molecule has 1 amide bonds. The fourth-order valence-corrected chi connectivity index (χ4v) is 2.53. The Labute approximate surface area is 130 Å². The van der Waals surface area contributed by atoms with Gasteiger partial charge >= 0.3 is 0 Å². The van der Waals surface area contributed by atoms with Gasteiger partial charge in [0.05, 0.1) is 23.0 Å². The summed E-state index contributed by atoms with van der Waals surface area (Å²) in [6.45, 7) is 2.03. The highest BCUT2D eigenvalue weighted by atomic mass is 35.5. The van der Waals surface area contributed by atoms with Gasteiger partial charge in [-0.15, -0.1) is 0 Å². The summed E-state index contributed by atoms with van der Waals surface area (Å²) in [7, 11) is -3.40. The number of hydrogen-bond acceptors (Lipinski definition) is 4. The van der Waals surface area contributed by atoms with Crippen molar-refractivity contribution in [2.45, 2.75) is 32.2 Å². The second-order valence-corrected chi connectivity index (χ2v) is 6.96. The molecule has 0 saturated carbocycles. The van der Waals surface area contributed by atoms with Gasteiger partial charge in [0.1, 0.15) is 0 Å². The van der Waals surface area contributed by atoms with Crippen molar-refractivity contribution in [1.82, 2.24) is 0 Å². The van der Waals surface area contributed by atoms with Crippen LogP contribution in [0.1, 0.15) is 26.2 Å². The summed E-state index contributed by atoms with van der Waals surface area (Å²) in [6.07, 6.45) is 3.50. The maximum atomic E-state index is 11.9. The number of nitrogens with one attached hydrogen (secondary N) is 2. The fraction of sp³-hybridized carbons (Fsp3) is 0.462. The predicted molar refractivity (Wildman–Crippen MR) is 86.0 cm³/mol. The third kappa shape index (κ3) is 6.33. The number of nitrogens with two attached hydrogens (primary N) is 1. The van der Waals surface area contributed by atoms with Gasteiger partial charge in [0.2, 0.25) is 15.9 Å². The average Bonchev–Trinajstić information content (AvgIpc) is 2.37. The van der Waals surface area contributed by atoms with Crippen molar-refractivity contribution in [2.24, 2.45) is 5.73 Å². The van der Waals surface area contributed by atoms with E-state index >= 15 is 0 Å². The molecule has 4 N–H and O–H groups in total. The van der Waals surface area contributed by atoms with E-state index in [2.05, 4.69) is 10.0 Å². The van der Waals surface area contributed by atoms with Crippen molar-refractivity contribution in [3.8, 4) is 0 Å². The minimum absolute atomic E-state index is 0.195. The molecule has 0 fully saturated rings. The Balaban J connectivity index is 2.73. The number of hydrogen-bond donors (Lipinski definition) is 3. The Morgan fingerprint density at radius 2 is 2.10 bits per heavy atom. The predicted octanol–water partition coefficient (Wildman–Crippen LogP) is 2.17. The molecule has 1 aromatic carbocycles. The topological polar surface area (TPSA) is 101 Å². The van der Waals surface area contributed by atoms with E-state index in [1.807, 2.05) is 6.92 Å². The Morgan fingerprint density at radius 3 is 2.62 bits per heavy atom. The molecule has 0 saturated heterocycles. The molecule has 0 bridgehead atoms. The fourth-order valence-electron chi connectivity index (χ4n) is 1.67. The molecular formula is C13H20ClN3O3S. The summed E-state index contributed by atoms with van der Waals surface area (Å²) in [4.78, 5) is 11.9. The van der Waals surface area contributed by atoms with E-state index in [-0.39, 0.29) is 16.6 Å². The van der Waals surface area contributed by atoms with Crippen LogP contribution in [-0.4, -0.2) is 26.6 Å². The molecule has 118 valence electrons. The normalized spacial score (nSPS) is 12.8. The maximum absolute atomic E-state index is 11.9. The minimum atomic E-state index is -3.40. The van der Waals surface area contributed by atoms with E-state index in [1.54, 1.807) is 6.07 Å². The zero-order chi connectivity index (χ0) is 16.0. The molecule has 0 aromatic heterocycles. The maximum Gasteiger partial charge on any atom is 0.241 e. The molecule has 6 nitrogen and oxygen atoms in total. The number of carbonyl (C=O) groups excluding carboxylic acids is 1. The van der Waals surface area contributed by atoms with E-state index in [0.717, 1.165) is 19.1 Å². The molecule has 8 heteroatoms. The standard InChI is InChI=1S/C13H20ClN3O3S/c1-3-4-5-11(15)13(18)16-9-6-7-12(10(14)8-9)17-21(2,19)20/h6-8,11,17H,3-5,15H2,1-2H3,(H,16,18)/t11-/m0/s1. The summed E-state index contributed by atoms with van der Waals surface area (Å²) in [6, 6.07) is 3.94. The first kappa shape index (κ1) is 17.7. The summed E-state index contributed by atoms with van der Waals surface area (Å²) in [5, 5.41) is 2.85. The summed E-state index contributed by atoms with van der Waals surface area (Å²) in [5.74, 6) is -0.289. The lowest BCUT2D eigenvalue weighted by atomic mass is 10.1. The molecule has 1 rings (SSSR count). The van der Waals surface area contributed by atoms with Gasteiger partial charge in [-0.2, -0.15) is 0 Å². The van der Waals surface area contributed by atoms with Crippen LogP contribution in [0.4, 0.5) is 11.4 Å². The number of halogens is 1. The monoisotopic (exact) mass is 333 g/mol. The molecule has 0 unspecified atom stereocenters. The molecule has 0 spiro atoms. The van der Waals surface area contributed by atoms with Crippen molar-refractivity contribution < 1.29 is 13.2 Å². The molecule has 21 heavy (non-hydrogen) atoms. The van der Waals surface area contributed by atoms with Crippen molar-refractivity contribution in [3.05, 3.63) is 23.2 Å². The van der Waals surface area contributed by atoms with Gasteiger partial charge in [-0.05, 0) is 24.6 Å². The molecule has 0 aliphatic heterocycles. The number of anilines is 2. The zero-order valence-electron chi connectivity index (χ0n) is 12.0. The van der Waals surface area contributed by atoms with Gasteiger partial charge < -0.3 is 11.1 Å². The van der Waals surface area contributed by atoms with Gasteiger partial charge in [-0.25, -0.2) is 8.42 Å². The molecule has 0 aliphatic carbocycles. The van der Waals surface area contributed by atoms with E-state index in [1.165, 1.54) is 12.1 Å².